The molecular weight excluding hydrogens is 358 g/mol. The van der Waals surface area contributed by atoms with Crippen LogP contribution in [0.4, 0.5) is 0 Å². The minimum absolute atomic E-state index is 0.411. The number of aliphatic hydroxyl groups is 1. The van der Waals surface area contributed by atoms with E-state index in [1.165, 1.54) is 0 Å². The summed E-state index contributed by atoms with van der Waals surface area (Å²) in [5.41, 5.74) is 1.18. The highest BCUT2D eigenvalue weighted by Gasteiger charge is 2.17. The maximum Gasteiger partial charge on any atom is 0.107 e. The molecule has 2 aromatic rings. The van der Waals surface area contributed by atoms with Crippen LogP contribution >= 0.6 is 50.7 Å². The Hall–Kier alpha value is -0.250. The van der Waals surface area contributed by atoms with Gasteiger partial charge in [-0.1, -0.05) is 62.9 Å². The van der Waals surface area contributed by atoms with Gasteiger partial charge in [0.2, 0.25) is 0 Å². The van der Waals surface area contributed by atoms with E-state index in [9.17, 15) is 5.11 Å². The van der Waals surface area contributed by atoms with Gasteiger partial charge in [0.15, 0.2) is 0 Å². The molecule has 0 aliphatic heterocycles. The molecule has 0 saturated carbocycles. The monoisotopic (exact) mass is 364 g/mol. The van der Waals surface area contributed by atoms with Crippen LogP contribution in [0.2, 0.25) is 15.1 Å². The van der Waals surface area contributed by atoms with E-state index >= 15 is 0 Å². The van der Waals surface area contributed by atoms with Gasteiger partial charge in [0.25, 0.3) is 0 Å². The number of hydrogen-bond donors (Lipinski definition) is 1. The molecule has 1 nitrogen and oxygen atoms in total. The molecule has 0 aliphatic rings. The van der Waals surface area contributed by atoms with Crippen molar-refractivity contribution in [2.75, 3.05) is 0 Å². The molecule has 0 fully saturated rings. The Labute approximate surface area is 128 Å². The summed E-state index contributed by atoms with van der Waals surface area (Å²) >= 11 is 21.3. The number of aliphatic hydroxyl groups excluding tert-OH is 1. The number of halogens is 4. The summed E-state index contributed by atoms with van der Waals surface area (Å²) in [6, 6.07) is 10.3. The van der Waals surface area contributed by atoms with E-state index in [1.807, 2.05) is 6.07 Å². The van der Waals surface area contributed by atoms with Gasteiger partial charge in [0.1, 0.15) is 6.10 Å². The first-order valence-corrected chi connectivity index (χ1v) is 6.99. The molecule has 0 amide bonds. The maximum absolute atomic E-state index is 10.3. The molecule has 2 aromatic carbocycles. The second kappa shape index (κ2) is 5.81. The van der Waals surface area contributed by atoms with Crippen LogP contribution in [0.25, 0.3) is 0 Å². The molecule has 0 radical (unpaired) electrons. The summed E-state index contributed by atoms with van der Waals surface area (Å²) < 4.78 is 0.852. The van der Waals surface area contributed by atoms with E-state index in [0.717, 1.165) is 4.47 Å². The van der Waals surface area contributed by atoms with Gasteiger partial charge in [-0.3, -0.25) is 0 Å². The summed E-state index contributed by atoms with van der Waals surface area (Å²) in [6.07, 6.45) is -0.879. The van der Waals surface area contributed by atoms with Crippen molar-refractivity contribution in [3.05, 3.63) is 67.1 Å². The van der Waals surface area contributed by atoms with E-state index in [1.54, 1.807) is 30.3 Å². The average molecular weight is 366 g/mol. The van der Waals surface area contributed by atoms with Crippen LogP contribution in [0.15, 0.2) is 40.9 Å². The molecule has 1 atom stereocenters. The quantitative estimate of drug-likeness (QED) is 0.745. The standard InChI is InChI=1S/C13H8BrCl3O/c14-7-1-3-9(11(16)5-7)13(18)10-4-2-8(15)6-12(10)17/h1-6,13,18H. The lowest BCUT2D eigenvalue weighted by Crippen LogP contribution is -2.01. The summed E-state index contributed by atoms with van der Waals surface area (Å²) in [4.78, 5) is 0. The molecule has 1 unspecified atom stereocenters. The van der Waals surface area contributed by atoms with Crippen molar-refractivity contribution in [2.24, 2.45) is 0 Å². The van der Waals surface area contributed by atoms with E-state index in [0.29, 0.717) is 26.2 Å². The van der Waals surface area contributed by atoms with Gasteiger partial charge >= 0.3 is 0 Å². The van der Waals surface area contributed by atoms with Crippen molar-refractivity contribution in [2.45, 2.75) is 6.10 Å². The lowest BCUT2D eigenvalue weighted by atomic mass is 10.0. The van der Waals surface area contributed by atoms with Crippen molar-refractivity contribution in [1.29, 1.82) is 0 Å². The Morgan fingerprint density at radius 1 is 0.889 bits per heavy atom. The van der Waals surface area contributed by atoms with Gasteiger partial charge in [-0.15, -0.1) is 0 Å². The Morgan fingerprint density at radius 2 is 1.44 bits per heavy atom. The highest BCUT2D eigenvalue weighted by Crippen LogP contribution is 2.34. The number of benzene rings is 2. The second-order valence-electron chi connectivity index (χ2n) is 3.73. The van der Waals surface area contributed by atoms with Crippen LogP contribution in [0, 0.1) is 0 Å². The van der Waals surface area contributed by atoms with Crippen LogP contribution < -0.4 is 0 Å². The summed E-state index contributed by atoms with van der Waals surface area (Å²) in [7, 11) is 0. The lowest BCUT2D eigenvalue weighted by Gasteiger charge is -2.15. The van der Waals surface area contributed by atoms with Gasteiger partial charge < -0.3 is 5.11 Å². The zero-order valence-electron chi connectivity index (χ0n) is 9.00. The summed E-state index contributed by atoms with van der Waals surface area (Å²) in [5.74, 6) is 0. The zero-order valence-corrected chi connectivity index (χ0v) is 12.9. The fraction of sp³-hybridized carbons (Fsp3) is 0.0769. The molecule has 2 rings (SSSR count). The minimum Gasteiger partial charge on any atom is -0.384 e. The van der Waals surface area contributed by atoms with Crippen molar-refractivity contribution in [3.8, 4) is 0 Å². The third kappa shape index (κ3) is 3.01. The largest absolute Gasteiger partial charge is 0.384 e. The van der Waals surface area contributed by atoms with E-state index < -0.39 is 6.10 Å². The Morgan fingerprint density at radius 3 is 2.00 bits per heavy atom. The van der Waals surface area contributed by atoms with Gasteiger partial charge in [-0.05, 0) is 24.3 Å². The third-order valence-corrected chi connectivity index (χ3v) is 3.90. The van der Waals surface area contributed by atoms with E-state index in [-0.39, 0.29) is 0 Å². The van der Waals surface area contributed by atoms with Gasteiger partial charge in [-0.25, -0.2) is 0 Å². The Kier molecular flexibility index (Phi) is 4.57. The minimum atomic E-state index is -0.879. The molecular formula is C13H8BrCl3O. The lowest BCUT2D eigenvalue weighted by molar-refractivity contribution is 0.220. The topological polar surface area (TPSA) is 20.2 Å². The predicted molar refractivity (Wildman–Crippen MR) is 79.7 cm³/mol. The van der Waals surface area contributed by atoms with Crippen molar-refractivity contribution in [3.63, 3.8) is 0 Å². The molecule has 0 heterocycles. The molecule has 0 aliphatic carbocycles. The van der Waals surface area contributed by atoms with Crippen molar-refractivity contribution < 1.29 is 5.11 Å². The third-order valence-electron chi connectivity index (χ3n) is 2.51. The van der Waals surface area contributed by atoms with Gasteiger partial charge in [-0.2, -0.15) is 0 Å². The molecule has 0 aromatic heterocycles. The van der Waals surface area contributed by atoms with Gasteiger partial charge in [0.05, 0.1) is 0 Å². The predicted octanol–water partition coefficient (Wildman–Crippen LogP) is 5.49. The van der Waals surface area contributed by atoms with Crippen LogP contribution in [0.3, 0.4) is 0 Å². The zero-order chi connectivity index (χ0) is 13.3. The van der Waals surface area contributed by atoms with Crippen LogP contribution in [-0.2, 0) is 0 Å². The normalized spacial score (nSPS) is 12.5. The van der Waals surface area contributed by atoms with Crippen LogP contribution in [0.5, 0.6) is 0 Å². The Bertz CT molecular complexity index is 535. The first-order valence-electron chi connectivity index (χ1n) is 5.07. The molecule has 0 bridgehead atoms. The molecule has 94 valence electrons. The first-order chi connectivity index (χ1) is 8.49. The van der Waals surface area contributed by atoms with Crippen LogP contribution in [-0.4, -0.2) is 5.11 Å². The second-order valence-corrected chi connectivity index (χ2v) is 5.90. The molecule has 0 saturated heterocycles. The fourth-order valence-corrected chi connectivity index (χ4v) is 2.90. The van der Waals surface area contributed by atoms with E-state index in [2.05, 4.69) is 15.9 Å². The van der Waals surface area contributed by atoms with Crippen LogP contribution in [0.1, 0.15) is 17.2 Å². The number of rotatable bonds is 2. The van der Waals surface area contributed by atoms with Crippen molar-refractivity contribution >= 4 is 50.7 Å². The average Bonchev–Trinajstić information content (AvgIpc) is 2.28. The van der Waals surface area contributed by atoms with Crippen molar-refractivity contribution in [1.82, 2.24) is 0 Å². The summed E-state index contributed by atoms with van der Waals surface area (Å²) in [6.45, 7) is 0. The SMILES string of the molecule is OC(c1ccc(Cl)cc1Cl)c1ccc(Br)cc1Cl. The number of hydrogen-bond acceptors (Lipinski definition) is 1. The molecule has 18 heavy (non-hydrogen) atoms. The molecule has 0 spiro atoms. The first kappa shape index (κ1) is 14.2. The Balaban J connectivity index is 2.44. The summed E-state index contributed by atoms with van der Waals surface area (Å²) in [5, 5.41) is 11.7. The smallest absolute Gasteiger partial charge is 0.107 e. The fourth-order valence-electron chi connectivity index (χ4n) is 1.61. The molecule has 1 N–H and O–H groups in total. The van der Waals surface area contributed by atoms with E-state index in [4.69, 9.17) is 34.8 Å². The highest BCUT2D eigenvalue weighted by atomic mass is 79.9. The van der Waals surface area contributed by atoms with Gasteiger partial charge in [0, 0.05) is 30.7 Å². The maximum atomic E-state index is 10.3. The molecule has 5 heteroatoms. The highest BCUT2D eigenvalue weighted by molar-refractivity contribution is 9.10.